The summed E-state index contributed by atoms with van der Waals surface area (Å²) in [5, 5.41) is 1.12. The Bertz CT molecular complexity index is 1330. The third kappa shape index (κ3) is 4.41. The lowest BCUT2D eigenvalue weighted by molar-refractivity contribution is 0.240. The Morgan fingerprint density at radius 1 is 0.912 bits per heavy atom. The number of benzene rings is 3. The predicted molar refractivity (Wildman–Crippen MR) is 138 cm³/mol. The summed E-state index contributed by atoms with van der Waals surface area (Å²) in [5.74, 6) is 0.729. The highest BCUT2D eigenvalue weighted by atomic mass is 35.5. The first-order valence-corrected chi connectivity index (χ1v) is 12.1. The summed E-state index contributed by atoms with van der Waals surface area (Å²) in [4.78, 5) is 21.1. The highest BCUT2D eigenvalue weighted by Crippen LogP contribution is 2.29. The molecule has 0 atom stereocenters. The monoisotopic (exact) mass is 489 g/mol. The Kier molecular flexibility index (Phi) is 6.55. The van der Waals surface area contributed by atoms with Crippen LogP contribution >= 0.6 is 23.2 Å². The van der Waals surface area contributed by atoms with E-state index in [-0.39, 0.29) is 11.6 Å². The highest BCUT2D eigenvalue weighted by molar-refractivity contribution is 6.42. The fourth-order valence-corrected chi connectivity index (χ4v) is 5.16. The molecule has 2 heterocycles. The molecular weight excluding hydrogens is 465 g/mol. The third-order valence-electron chi connectivity index (χ3n) is 6.43. The number of halogens is 2. The molecule has 0 bridgehead atoms. The molecule has 5 rings (SSSR count). The van der Waals surface area contributed by atoms with Crippen LogP contribution in [0, 0.1) is 6.92 Å². The molecule has 0 radical (unpaired) electrons. The Balaban J connectivity index is 1.56. The number of hydrogen-bond acceptors (Lipinski definition) is 3. The van der Waals surface area contributed by atoms with Crippen LogP contribution in [0.2, 0.25) is 10.0 Å². The second kappa shape index (κ2) is 9.75. The van der Waals surface area contributed by atoms with Gasteiger partial charge in [0.05, 0.1) is 27.3 Å². The van der Waals surface area contributed by atoms with E-state index in [1.165, 1.54) is 0 Å². The summed E-state index contributed by atoms with van der Waals surface area (Å²) >= 11 is 12.6. The quantitative estimate of drug-likeness (QED) is 0.342. The van der Waals surface area contributed by atoms with Gasteiger partial charge in [-0.25, -0.2) is 4.98 Å². The molecule has 0 saturated heterocycles. The van der Waals surface area contributed by atoms with Crippen molar-refractivity contribution in [2.45, 2.75) is 32.5 Å². The number of aromatic nitrogens is 2. The van der Waals surface area contributed by atoms with Crippen molar-refractivity contribution in [2.75, 3.05) is 6.54 Å². The first-order valence-electron chi connectivity index (χ1n) is 11.4. The largest absolute Gasteiger partial charge is 0.294 e. The van der Waals surface area contributed by atoms with E-state index >= 15 is 0 Å². The number of hydrogen-bond donors (Lipinski definition) is 0. The summed E-state index contributed by atoms with van der Waals surface area (Å²) in [7, 11) is 0. The van der Waals surface area contributed by atoms with Gasteiger partial charge in [-0.2, -0.15) is 0 Å². The molecule has 34 heavy (non-hydrogen) atoms. The second-order valence-corrected chi connectivity index (χ2v) is 9.44. The van der Waals surface area contributed by atoms with Crippen LogP contribution in [0.4, 0.5) is 0 Å². The maximum Gasteiger partial charge on any atom is 0.259 e. The van der Waals surface area contributed by atoms with Crippen LogP contribution in [0.5, 0.6) is 0 Å². The minimum absolute atomic E-state index is 0.0158. The van der Waals surface area contributed by atoms with Crippen molar-refractivity contribution in [2.24, 2.45) is 0 Å². The number of aryl methyl sites for hydroxylation is 1. The molecule has 0 aliphatic carbocycles. The van der Waals surface area contributed by atoms with Crippen LogP contribution in [0.3, 0.4) is 0 Å². The van der Waals surface area contributed by atoms with E-state index in [9.17, 15) is 4.79 Å². The van der Waals surface area contributed by atoms with E-state index in [0.29, 0.717) is 23.1 Å². The molecule has 0 spiro atoms. The van der Waals surface area contributed by atoms with E-state index < -0.39 is 0 Å². The van der Waals surface area contributed by atoms with Gasteiger partial charge in [-0.1, -0.05) is 96.0 Å². The summed E-state index contributed by atoms with van der Waals surface area (Å²) < 4.78 is 1.85. The number of nitrogens with zero attached hydrogens (tertiary/aromatic N) is 3. The molecule has 172 valence electrons. The third-order valence-corrected chi connectivity index (χ3v) is 7.29. The van der Waals surface area contributed by atoms with Gasteiger partial charge in [-0.15, -0.1) is 0 Å². The molecule has 0 saturated carbocycles. The molecule has 1 aromatic heterocycles. The molecular formula is C28H25Cl2N3O. The molecule has 0 unspecified atom stereocenters. The van der Waals surface area contributed by atoms with Gasteiger partial charge in [0, 0.05) is 26.1 Å². The molecule has 3 aromatic carbocycles. The fourth-order valence-electron chi connectivity index (χ4n) is 4.78. The van der Waals surface area contributed by atoms with E-state index in [1.54, 1.807) is 6.07 Å². The Morgan fingerprint density at radius 2 is 1.56 bits per heavy atom. The van der Waals surface area contributed by atoms with Crippen molar-refractivity contribution in [3.8, 4) is 0 Å². The lowest BCUT2D eigenvalue weighted by atomic mass is 9.97. The molecule has 1 aliphatic heterocycles. The number of fused-ring (bicyclic) bond motifs is 1. The summed E-state index contributed by atoms with van der Waals surface area (Å²) in [6.45, 7) is 3.90. The molecule has 1 aliphatic rings. The van der Waals surface area contributed by atoms with Crippen LogP contribution in [0.1, 0.15) is 39.8 Å². The van der Waals surface area contributed by atoms with Crippen molar-refractivity contribution in [1.82, 2.24) is 14.5 Å². The minimum Gasteiger partial charge on any atom is -0.294 e. The minimum atomic E-state index is -0.245. The Hall–Kier alpha value is -2.92. The van der Waals surface area contributed by atoms with Crippen molar-refractivity contribution >= 4 is 23.2 Å². The van der Waals surface area contributed by atoms with Crippen LogP contribution in [0.15, 0.2) is 83.7 Å². The van der Waals surface area contributed by atoms with Crippen molar-refractivity contribution in [1.29, 1.82) is 0 Å². The molecule has 0 fully saturated rings. The lowest BCUT2D eigenvalue weighted by Crippen LogP contribution is -2.40. The summed E-state index contributed by atoms with van der Waals surface area (Å²) in [6.07, 6.45) is 0.728. The van der Waals surface area contributed by atoms with Gasteiger partial charge in [0.25, 0.3) is 5.56 Å². The van der Waals surface area contributed by atoms with Crippen LogP contribution < -0.4 is 5.56 Å². The molecule has 0 N–H and O–H groups in total. The maximum atomic E-state index is 14.0. The zero-order valence-corrected chi connectivity index (χ0v) is 20.4. The first kappa shape index (κ1) is 22.9. The second-order valence-electron chi connectivity index (χ2n) is 8.66. The van der Waals surface area contributed by atoms with Gasteiger partial charge in [0.2, 0.25) is 0 Å². The van der Waals surface area contributed by atoms with E-state index in [1.807, 2.05) is 60.0 Å². The van der Waals surface area contributed by atoms with E-state index in [4.69, 9.17) is 28.2 Å². The number of rotatable bonds is 5. The van der Waals surface area contributed by atoms with Gasteiger partial charge < -0.3 is 0 Å². The normalized spacial score (nSPS) is 13.8. The zero-order chi connectivity index (χ0) is 23.7. The van der Waals surface area contributed by atoms with Gasteiger partial charge in [-0.05, 0) is 29.7 Å². The zero-order valence-electron chi connectivity index (χ0n) is 18.9. The Labute approximate surface area is 209 Å². The van der Waals surface area contributed by atoms with Gasteiger partial charge in [0.1, 0.15) is 5.82 Å². The average molecular weight is 490 g/mol. The van der Waals surface area contributed by atoms with E-state index in [0.717, 1.165) is 46.7 Å². The molecule has 6 heteroatoms. The van der Waals surface area contributed by atoms with Crippen molar-refractivity contribution in [3.05, 3.63) is 133 Å². The first-order chi connectivity index (χ1) is 16.5. The molecule has 4 nitrogen and oxygen atoms in total. The standard InChI is InChI=1S/C28H25Cl2N3O/c1-19-31-25-15-16-32(17-22-13-8-14-24(29)26(22)30)18-23(25)28(34)33(19)27(20-9-4-2-5-10-20)21-11-6-3-7-12-21/h2-14,27H,15-18H2,1H3. The smallest absolute Gasteiger partial charge is 0.259 e. The maximum absolute atomic E-state index is 14.0. The lowest BCUT2D eigenvalue weighted by Gasteiger charge is -2.30. The van der Waals surface area contributed by atoms with Crippen molar-refractivity contribution < 1.29 is 0 Å². The SMILES string of the molecule is Cc1nc2c(c(=O)n1C(c1ccccc1)c1ccccc1)CN(Cc1cccc(Cl)c1Cl)CC2. The van der Waals surface area contributed by atoms with Gasteiger partial charge in [-0.3, -0.25) is 14.3 Å². The van der Waals surface area contributed by atoms with Crippen molar-refractivity contribution in [3.63, 3.8) is 0 Å². The van der Waals surface area contributed by atoms with Crippen LogP contribution in [-0.4, -0.2) is 21.0 Å². The summed E-state index contributed by atoms with van der Waals surface area (Å²) in [6, 6.07) is 25.7. The molecule has 4 aromatic rings. The van der Waals surface area contributed by atoms with Crippen LogP contribution in [-0.2, 0) is 19.5 Å². The molecule has 0 amide bonds. The average Bonchev–Trinajstić information content (AvgIpc) is 2.86. The predicted octanol–water partition coefficient (Wildman–Crippen LogP) is 6.05. The van der Waals surface area contributed by atoms with E-state index in [2.05, 4.69) is 29.2 Å². The Morgan fingerprint density at radius 3 is 2.21 bits per heavy atom. The van der Waals surface area contributed by atoms with Gasteiger partial charge in [0.15, 0.2) is 0 Å². The van der Waals surface area contributed by atoms with Crippen LogP contribution in [0.25, 0.3) is 0 Å². The summed E-state index contributed by atoms with van der Waals surface area (Å²) in [5.41, 5.74) is 4.74. The fraction of sp³-hybridized carbons (Fsp3) is 0.214. The topological polar surface area (TPSA) is 38.1 Å². The highest BCUT2D eigenvalue weighted by Gasteiger charge is 2.27. The van der Waals surface area contributed by atoms with Gasteiger partial charge >= 0.3 is 0 Å².